The van der Waals surface area contributed by atoms with Crippen molar-refractivity contribution in [2.75, 3.05) is 6.54 Å². The lowest BCUT2D eigenvalue weighted by molar-refractivity contribution is 0.0919. The van der Waals surface area contributed by atoms with E-state index in [1.165, 1.54) is 25.7 Å². The van der Waals surface area contributed by atoms with Gasteiger partial charge >= 0.3 is 0 Å². The first-order valence-corrected chi connectivity index (χ1v) is 11.5. The van der Waals surface area contributed by atoms with Gasteiger partial charge < -0.3 is 4.57 Å². The van der Waals surface area contributed by atoms with Gasteiger partial charge in [0.25, 0.3) is 0 Å². The third-order valence-electron chi connectivity index (χ3n) is 7.09. The number of nitriles is 1. The minimum atomic E-state index is 0.207. The van der Waals surface area contributed by atoms with Gasteiger partial charge in [0.1, 0.15) is 0 Å². The highest BCUT2D eigenvalue weighted by molar-refractivity contribution is 6.30. The van der Waals surface area contributed by atoms with Crippen LogP contribution in [0, 0.1) is 18.3 Å². The molecule has 0 atom stereocenters. The van der Waals surface area contributed by atoms with Gasteiger partial charge in [-0.15, -0.1) is 0 Å². The van der Waals surface area contributed by atoms with Crippen molar-refractivity contribution in [3.63, 3.8) is 0 Å². The molecular formula is C26H26ClN3O. The minimum Gasteiger partial charge on any atom is -0.313 e. The summed E-state index contributed by atoms with van der Waals surface area (Å²) in [5, 5.41) is 10.7. The average Bonchev–Trinajstić information content (AvgIpc) is 3.42. The Labute approximate surface area is 188 Å². The van der Waals surface area contributed by atoms with Crippen LogP contribution in [0.15, 0.2) is 42.5 Å². The van der Waals surface area contributed by atoms with Crippen molar-refractivity contribution in [1.82, 2.24) is 9.47 Å². The molecular weight excluding hydrogens is 406 g/mol. The number of benzene rings is 2. The predicted molar refractivity (Wildman–Crippen MR) is 124 cm³/mol. The van der Waals surface area contributed by atoms with E-state index in [4.69, 9.17) is 16.9 Å². The fourth-order valence-electron chi connectivity index (χ4n) is 5.61. The van der Waals surface area contributed by atoms with Crippen LogP contribution in [0.1, 0.15) is 53.7 Å². The summed E-state index contributed by atoms with van der Waals surface area (Å²) in [4.78, 5) is 16.0. The van der Waals surface area contributed by atoms with E-state index in [1.807, 2.05) is 31.2 Å². The molecule has 3 heterocycles. The van der Waals surface area contributed by atoms with Gasteiger partial charge in [0.05, 0.1) is 18.1 Å². The minimum absolute atomic E-state index is 0.207. The molecule has 2 aliphatic rings. The van der Waals surface area contributed by atoms with Crippen LogP contribution in [-0.4, -0.2) is 33.9 Å². The molecule has 0 unspecified atom stereocenters. The maximum Gasteiger partial charge on any atom is 0.179 e. The molecule has 1 aromatic heterocycles. The molecule has 2 fully saturated rings. The number of hydrogen-bond acceptors (Lipinski definition) is 3. The van der Waals surface area contributed by atoms with Crippen LogP contribution in [0.4, 0.5) is 0 Å². The third-order valence-corrected chi connectivity index (χ3v) is 7.34. The van der Waals surface area contributed by atoms with E-state index in [-0.39, 0.29) is 5.78 Å². The number of hydrogen-bond donors (Lipinski definition) is 0. The highest BCUT2D eigenvalue weighted by atomic mass is 35.5. The summed E-state index contributed by atoms with van der Waals surface area (Å²) in [6.45, 7) is 2.54. The molecule has 0 saturated carbocycles. The normalized spacial score (nSPS) is 20.4. The number of nitrogens with zero attached hydrogens (tertiary/aromatic N) is 3. The summed E-state index contributed by atoms with van der Waals surface area (Å²) in [7, 11) is 0. The van der Waals surface area contributed by atoms with Crippen LogP contribution < -0.4 is 0 Å². The maximum absolute atomic E-state index is 13.6. The number of carbonyl (C=O) groups excluding carboxylic acids is 1. The van der Waals surface area contributed by atoms with Gasteiger partial charge in [0.2, 0.25) is 0 Å². The molecule has 2 bridgehead atoms. The van der Waals surface area contributed by atoms with Crippen molar-refractivity contribution in [3.05, 3.63) is 64.3 Å². The van der Waals surface area contributed by atoms with Crippen LogP contribution >= 0.6 is 11.6 Å². The number of ketones is 1. The second-order valence-corrected chi connectivity index (χ2v) is 9.28. The van der Waals surface area contributed by atoms with Crippen molar-refractivity contribution in [2.45, 2.75) is 57.5 Å². The first-order chi connectivity index (χ1) is 15.1. The van der Waals surface area contributed by atoms with E-state index in [0.29, 0.717) is 36.5 Å². The van der Waals surface area contributed by atoms with E-state index in [9.17, 15) is 4.79 Å². The predicted octanol–water partition coefficient (Wildman–Crippen LogP) is 5.86. The molecule has 0 aliphatic carbocycles. The summed E-state index contributed by atoms with van der Waals surface area (Å²) in [6, 6.07) is 17.4. The molecule has 5 heteroatoms. The third kappa shape index (κ3) is 3.56. The van der Waals surface area contributed by atoms with Crippen LogP contribution in [0.3, 0.4) is 0 Å². The lowest BCUT2D eigenvalue weighted by atomic mass is 10.0. The maximum atomic E-state index is 13.6. The Balaban J connectivity index is 1.60. The number of aromatic nitrogens is 1. The molecule has 3 aromatic rings. The molecule has 2 aromatic carbocycles. The Morgan fingerprint density at radius 3 is 2.42 bits per heavy atom. The van der Waals surface area contributed by atoms with E-state index in [0.717, 1.165) is 33.4 Å². The Kier molecular flexibility index (Phi) is 5.33. The molecule has 0 amide bonds. The first-order valence-electron chi connectivity index (χ1n) is 11.1. The Bertz CT molecular complexity index is 1170. The second-order valence-electron chi connectivity index (χ2n) is 8.84. The van der Waals surface area contributed by atoms with Crippen LogP contribution in [0.5, 0.6) is 0 Å². The fraction of sp³-hybridized carbons (Fsp3) is 0.385. The van der Waals surface area contributed by atoms with Gasteiger partial charge in [-0.1, -0.05) is 23.7 Å². The largest absolute Gasteiger partial charge is 0.313 e. The molecule has 0 radical (unpaired) electrons. The zero-order valence-electron chi connectivity index (χ0n) is 17.8. The molecule has 0 spiro atoms. The van der Waals surface area contributed by atoms with Crippen molar-refractivity contribution < 1.29 is 4.79 Å². The Hall–Kier alpha value is -2.61. The Morgan fingerprint density at radius 1 is 1.10 bits per heavy atom. The number of carbonyl (C=O) groups is 1. The zero-order chi connectivity index (χ0) is 21.5. The number of aryl methyl sites for hydroxylation is 1. The zero-order valence-corrected chi connectivity index (χ0v) is 18.5. The molecule has 2 saturated heterocycles. The van der Waals surface area contributed by atoms with Crippen LogP contribution in [0.2, 0.25) is 5.02 Å². The van der Waals surface area contributed by atoms with Gasteiger partial charge in [0.15, 0.2) is 5.78 Å². The first kappa shape index (κ1) is 20.3. The number of rotatable bonds is 6. The summed E-state index contributed by atoms with van der Waals surface area (Å²) < 4.78 is 2.16. The smallest absolute Gasteiger partial charge is 0.179 e. The van der Waals surface area contributed by atoms with E-state index in [1.54, 1.807) is 0 Å². The average molecular weight is 432 g/mol. The summed E-state index contributed by atoms with van der Waals surface area (Å²) in [5.74, 6) is 0.207. The summed E-state index contributed by atoms with van der Waals surface area (Å²) >= 11 is 6.12. The molecule has 2 aliphatic heterocycles. The molecule has 5 rings (SSSR count). The van der Waals surface area contributed by atoms with Gasteiger partial charge in [-0.05, 0) is 74.9 Å². The number of halogens is 1. The fourth-order valence-corrected chi connectivity index (χ4v) is 5.74. The summed E-state index contributed by atoms with van der Waals surface area (Å²) in [5.41, 5.74) is 4.90. The molecule has 0 N–H and O–H groups in total. The van der Waals surface area contributed by atoms with Gasteiger partial charge in [-0.25, -0.2) is 0 Å². The van der Waals surface area contributed by atoms with Gasteiger partial charge in [0, 0.05) is 45.9 Å². The topological polar surface area (TPSA) is 49.0 Å². The van der Waals surface area contributed by atoms with Crippen molar-refractivity contribution in [2.24, 2.45) is 0 Å². The van der Waals surface area contributed by atoms with E-state index >= 15 is 0 Å². The highest BCUT2D eigenvalue weighted by Gasteiger charge is 2.40. The molecule has 158 valence electrons. The monoisotopic (exact) mass is 431 g/mol. The highest BCUT2D eigenvalue weighted by Crippen LogP contribution is 2.38. The molecule has 4 nitrogen and oxygen atoms in total. The van der Waals surface area contributed by atoms with Crippen molar-refractivity contribution >= 4 is 28.3 Å². The van der Waals surface area contributed by atoms with Crippen molar-refractivity contribution in [3.8, 4) is 11.8 Å². The van der Waals surface area contributed by atoms with E-state index in [2.05, 4.69) is 33.7 Å². The number of Topliss-reactive ketones (excluding diaryl/α,β-unsaturated/α-hetero) is 1. The Morgan fingerprint density at radius 2 is 1.77 bits per heavy atom. The lowest BCUT2D eigenvalue weighted by Crippen LogP contribution is -2.34. The lowest BCUT2D eigenvalue weighted by Gasteiger charge is -2.20. The van der Waals surface area contributed by atoms with Gasteiger partial charge in [-0.3, -0.25) is 9.69 Å². The van der Waals surface area contributed by atoms with Gasteiger partial charge in [-0.2, -0.15) is 5.26 Å². The van der Waals surface area contributed by atoms with Crippen LogP contribution in [-0.2, 0) is 6.42 Å². The van der Waals surface area contributed by atoms with Crippen LogP contribution in [0.25, 0.3) is 16.6 Å². The molecule has 31 heavy (non-hydrogen) atoms. The SMILES string of the molecule is Cc1c(C(=O)CN2C3CCC2CC3)c2ccc(CCC#N)cc2n1-c1ccc(Cl)cc1. The standard InChI is InChI=1S/C26H26ClN3O/c1-17-26(25(31)16-29-20-9-10-21(29)12-11-20)23-13-4-18(3-2-14-28)15-24(23)30(17)22-7-5-19(27)6-8-22/h4-8,13,15,20-21H,2-3,9-12,16H2,1H3. The second kappa shape index (κ2) is 8.15. The number of fused-ring (bicyclic) bond motifs is 3. The van der Waals surface area contributed by atoms with E-state index < -0.39 is 0 Å². The summed E-state index contributed by atoms with van der Waals surface area (Å²) in [6.07, 6.45) is 6.10. The van der Waals surface area contributed by atoms with Crippen molar-refractivity contribution in [1.29, 1.82) is 5.26 Å². The quantitative estimate of drug-likeness (QED) is 0.459.